The third-order valence-corrected chi connectivity index (χ3v) is 6.78. The van der Waals surface area contributed by atoms with E-state index in [9.17, 15) is 9.90 Å². The van der Waals surface area contributed by atoms with E-state index in [0.29, 0.717) is 11.5 Å². The Labute approximate surface area is 184 Å². The largest absolute Gasteiger partial charge is 0.496 e. The first-order chi connectivity index (χ1) is 15.2. The van der Waals surface area contributed by atoms with Crippen molar-refractivity contribution < 1.29 is 19.4 Å². The summed E-state index contributed by atoms with van der Waals surface area (Å²) in [5.74, 6) is 0.262. The lowest BCUT2D eigenvalue weighted by molar-refractivity contribution is 0.0342. The summed E-state index contributed by atoms with van der Waals surface area (Å²) >= 11 is 1.61. The highest BCUT2D eigenvalue weighted by Crippen LogP contribution is 2.47. The van der Waals surface area contributed by atoms with Crippen LogP contribution in [0.15, 0.2) is 47.4 Å². The SMILES string of the molecule is COc1cccc2c1-c1c(c(C(=O)O)nn1-c1ccc(CN3CCOCC3)cc1)CS2. The van der Waals surface area contributed by atoms with Crippen LogP contribution in [-0.4, -0.2) is 59.2 Å². The Hall–Kier alpha value is -2.81. The normalized spacial score (nSPS) is 15.9. The molecule has 5 rings (SSSR count). The quantitative estimate of drug-likeness (QED) is 0.652. The highest BCUT2D eigenvalue weighted by Gasteiger charge is 2.31. The summed E-state index contributed by atoms with van der Waals surface area (Å²) < 4.78 is 12.8. The summed E-state index contributed by atoms with van der Waals surface area (Å²) in [6.07, 6.45) is 0. The Morgan fingerprint density at radius 1 is 1.19 bits per heavy atom. The lowest BCUT2D eigenvalue weighted by Gasteiger charge is -2.26. The van der Waals surface area contributed by atoms with Crippen LogP contribution in [0.5, 0.6) is 5.75 Å². The number of hydrogen-bond donors (Lipinski definition) is 1. The Kier molecular flexibility index (Phi) is 5.43. The van der Waals surface area contributed by atoms with E-state index in [4.69, 9.17) is 9.47 Å². The van der Waals surface area contributed by atoms with Gasteiger partial charge in [0.15, 0.2) is 5.69 Å². The standard InChI is InChI=1S/C23H23N3O4S/c1-29-18-3-2-4-19-20(18)22-17(14-31-19)21(23(27)28)24-26(22)16-7-5-15(6-8-16)13-25-9-11-30-12-10-25/h2-8H,9-14H2,1H3,(H,27,28). The second-order valence-corrected chi connectivity index (χ2v) is 8.59. The zero-order chi connectivity index (χ0) is 21.4. The summed E-state index contributed by atoms with van der Waals surface area (Å²) in [5.41, 5.74) is 4.55. The molecule has 31 heavy (non-hydrogen) atoms. The number of morpholine rings is 1. The van der Waals surface area contributed by atoms with Crippen molar-refractivity contribution in [2.45, 2.75) is 17.2 Å². The van der Waals surface area contributed by atoms with E-state index in [1.54, 1.807) is 23.6 Å². The van der Waals surface area contributed by atoms with Crippen LogP contribution < -0.4 is 4.74 Å². The van der Waals surface area contributed by atoms with Crippen molar-refractivity contribution in [2.24, 2.45) is 0 Å². The Morgan fingerprint density at radius 3 is 2.68 bits per heavy atom. The van der Waals surface area contributed by atoms with Gasteiger partial charge in [-0.15, -0.1) is 11.8 Å². The smallest absolute Gasteiger partial charge is 0.356 e. The van der Waals surface area contributed by atoms with Gasteiger partial charge in [-0.05, 0) is 29.8 Å². The van der Waals surface area contributed by atoms with Crippen molar-refractivity contribution in [3.8, 4) is 22.7 Å². The molecule has 3 heterocycles. The van der Waals surface area contributed by atoms with Crippen LogP contribution in [0.2, 0.25) is 0 Å². The van der Waals surface area contributed by atoms with Crippen LogP contribution in [0, 0.1) is 0 Å². The molecule has 1 N–H and O–H groups in total. The highest BCUT2D eigenvalue weighted by atomic mass is 32.2. The zero-order valence-electron chi connectivity index (χ0n) is 17.2. The monoisotopic (exact) mass is 437 g/mol. The summed E-state index contributed by atoms with van der Waals surface area (Å²) in [7, 11) is 1.63. The molecule has 160 valence electrons. The minimum absolute atomic E-state index is 0.0939. The fourth-order valence-corrected chi connectivity index (χ4v) is 5.24. The second-order valence-electron chi connectivity index (χ2n) is 7.57. The van der Waals surface area contributed by atoms with Crippen molar-refractivity contribution in [2.75, 3.05) is 33.4 Å². The molecule has 2 aliphatic rings. The van der Waals surface area contributed by atoms with Gasteiger partial charge in [-0.25, -0.2) is 9.48 Å². The third-order valence-electron chi connectivity index (χ3n) is 5.69. The maximum absolute atomic E-state index is 11.9. The Balaban J connectivity index is 1.56. The van der Waals surface area contributed by atoms with Gasteiger partial charge >= 0.3 is 5.97 Å². The number of fused-ring (bicyclic) bond motifs is 3. The van der Waals surface area contributed by atoms with E-state index in [2.05, 4.69) is 22.1 Å². The summed E-state index contributed by atoms with van der Waals surface area (Å²) in [5, 5.41) is 14.3. The molecule has 1 aromatic heterocycles. The van der Waals surface area contributed by atoms with Gasteiger partial charge in [0.2, 0.25) is 0 Å². The van der Waals surface area contributed by atoms with Crippen LogP contribution in [0.1, 0.15) is 21.6 Å². The molecular weight excluding hydrogens is 414 g/mol. The molecule has 2 aliphatic heterocycles. The molecule has 0 spiro atoms. The number of carbonyl (C=O) groups is 1. The highest BCUT2D eigenvalue weighted by molar-refractivity contribution is 7.98. The van der Waals surface area contributed by atoms with Crippen molar-refractivity contribution in [1.29, 1.82) is 0 Å². The molecule has 0 amide bonds. The zero-order valence-corrected chi connectivity index (χ0v) is 18.0. The number of thioether (sulfide) groups is 1. The fourth-order valence-electron chi connectivity index (χ4n) is 4.15. The number of methoxy groups -OCH3 is 1. The van der Waals surface area contributed by atoms with Gasteiger partial charge in [-0.2, -0.15) is 5.10 Å². The van der Waals surface area contributed by atoms with Crippen molar-refractivity contribution in [1.82, 2.24) is 14.7 Å². The van der Waals surface area contributed by atoms with Crippen molar-refractivity contribution in [3.63, 3.8) is 0 Å². The van der Waals surface area contributed by atoms with Gasteiger partial charge in [-0.3, -0.25) is 4.90 Å². The number of nitrogens with zero attached hydrogens (tertiary/aromatic N) is 3. The minimum atomic E-state index is -1.02. The van der Waals surface area contributed by atoms with Gasteiger partial charge in [-0.1, -0.05) is 18.2 Å². The number of hydrogen-bond acceptors (Lipinski definition) is 6. The summed E-state index contributed by atoms with van der Waals surface area (Å²) in [6, 6.07) is 14.1. The van der Waals surface area contributed by atoms with Gasteiger partial charge in [0, 0.05) is 35.8 Å². The molecule has 8 heteroatoms. The topological polar surface area (TPSA) is 76.8 Å². The van der Waals surface area contributed by atoms with Crippen LogP contribution in [0.25, 0.3) is 16.9 Å². The summed E-state index contributed by atoms with van der Waals surface area (Å²) in [4.78, 5) is 15.4. The van der Waals surface area contributed by atoms with E-state index in [1.165, 1.54) is 5.56 Å². The van der Waals surface area contributed by atoms with E-state index < -0.39 is 5.97 Å². The molecular formula is C23H23N3O4S. The molecule has 0 saturated carbocycles. The van der Waals surface area contributed by atoms with E-state index in [0.717, 1.165) is 60.3 Å². The number of aromatic carboxylic acids is 1. The molecule has 0 aliphatic carbocycles. The number of ether oxygens (including phenoxy) is 2. The lowest BCUT2D eigenvalue weighted by atomic mass is 10.0. The maximum Gasteiger partial charge on any atom is 0.356 e. The first-order valence-electron chi connectivity index (χ1n) is 10.2. The van der Waals surface area contributed by atoms with Crippen molar-refractivity contribution >= 4 is 17.7 Å². The average Bonchev–Trinajstić information content (AvgIpc) is 3.20. The first kappa shape index (κ1) is 20.1. The molecule has 3 aromatic rings. The third kappa shape index (κ3) is 3.71. The van der Waals surface area contributed by atoms with Crippen molar-refractivity contribution in [3.05, 3.63) is 59.3 Å². The molecule has 0 radical (unpaired) electrons. The minimum Gasteiger partial charge on any atom is -0.496 e. The Bertz CT molecular complexity index is 1110. The summed E-state index contributed by atoms with van der Waals surface area (Å²) in [6.45, 7) is 4.28. The van der Waals surface area contributed by atoms with E-state index in [1.807, 2.05) is 30.3 Å². The molecule has 1 saturated heterocycles. The van der Waals surface area contributed by atoms with Gasteiger partial charge in [0.25, 0.3) is 0 Å². The number of aromatic nitrogens is 2. The number of carboxylic acid groups (broad SMARTS) is 1. The lowest BCUT2D eigenvalue weighted by Crippen LogP contribution is -2.35. The van der Waals surface area contributed by atoms with Gasteiger partial charge < -0.3 is 14.6 Å². The van der Waals surface area contributed by atoms with Crippen LogP contribution in [0.3, 0.4) is 0 Å². The van der Waals surface area contributed by atoms with Gasteiger partial charge in [0.05, 0.1) is 37.3 Å². The first-order valence-corrected chi connectivity index (χ1v) is 11.2. The number of carboxylic acids is 1. The number of rotatable bonds is 5. The molecule has 0 bridgehead atoms. The van der Waals surface area contributed by atoms with Crippen LogP contribution >= 0.6 is 11.8 Å². The molecule has 2 aromatic carbocycles. The van der Waals surface area contributed by atoms with E-state index in [-0.39, 0.29) is 5.69 Å². The predicted molar refractivity (Wildman–Crippen MR) is 118 cm³/mol. The van der Waals surface area contributed by atoms with Crippen LogP contribution in [0.4, 0.5) is 0 Å². The van der Waals surface area contributed by atoms with Gasteiger partial charge in [0.1, 0.15) is 5.75 Å². The number of benzene rings is 2. The van der Waals surface area contributed by atoms with Crippen LogP contribution in [-0.2, 0) is 17.0 Å². The molecule has 1 fully saturated rings. The average molecular weight is 438 g/mol. The van der Waals surface area contributed by atoms with E-state index >= 15 is 0 Å². The maximum atomic E-state index is 11.9. The molecule has 7 nitrogen and oxygen atoms in total. The fraction of sp³-hybridized carbons (Fsp3) is 0.304. The predicted octanol–water partition coefficient (Wildman–Crippen LogP) is 3.68. The Morgan fingerprint density at radius 2 is 1.97 bits per heavy atom. The molecule has 0 atom stereocenters. The second kappa shape index (κ2) is 8.37. The molecule has 0 unspecified atom stereocenters.